The van der Waals surface area contributed by atoms with Crippen LogP contribution in [0.3, 0.4) is 0 Å². The van der Waals surface area contributed by atoms with E-state index < -0.39 is 0 Å². The van der Waals surface area contributed by atoms with Gasteiger partial charge in [0.15, 0.2) is 0 Å². The number of ether oxygens (including phenoxy) is 2. The molecular formula is C19H28O2. The van der Waals surface area contributed by atoms with Gasteiger partial charge in [-0.25, -0.2) is 0 Å². The molecule has 0 amide bonds. The molecule has 2 fully saturated rings. The van der Waals surface area contributed by atoms with Gasteiger partial charge in [-0.1, -0.05) is 38.1 Å². The van der Waals surface area contributed by atoms with Crippen molar-refractivity contribution in [2.45, 2.75) is 64.8 Å². The Kier molecular flexibility index (Phi) is 3.87. The first-order valence-corrected chi connectivity index (χ1v) is 8.28. The number of hydrogen-bond acceptors (Lipinski definition) is 2. The second-order valence-corrected chi connectivity index (χ2v) is 7.48. The molecule has 2 aliphatic heterocycles. The van der Waals surface area contributed by atoms with Crippen LogP contribution in [-0.4, -0.2) is 17.8 Å². The van der Waals surface area contributed by atoms with Gasteiger partial charge in [-0.2, -0.15) is 0 Å². The highest BCUT2D eigenvalue weighted by Gasteiger charge is 2.59. The lowest BCUT2D eigenvalue weighted by Gasteiger charge is -2.31. The topological polar surface area (TPSA) is 18.5 Å². The lowest BCUT2D eigenvalue weighted by Crippen LogP contribution is -2.35. The summed E-state index contributed by atoms with van der Waals surface area (Å²) < 4.78 is 12.5. The Morgan fingerprint density at radius 2 is 2.05 bits per heavy atom. The van der Waals surface area contributed by atoms with E-state index in [-0.39, 0.29) is 11.2 Å². The molecule has 116 valence electrons. The summed E-state index contributed by atoms with van der Waals surface area (Å²) in [5.41, 5.74) is 2.76. The van der Waals surface area contributed by atoms with Gasteiger partial charge in [-0.3, -0.25) is 0 Å². The van der Waals surface area contributed by atoms with Crippen molar-refractivity contribution in [1.82, 2.24) is 0 Å². The minimum atomic E-state index is 0.0377. The molecule has 2 saturated heterocycles. The highest BCUT2D eigenvalue weighted by atomic mass is 16.5. The Morgan fingerprint density at radius 1 is 1.29 bits per heavy atom. The van der Waals surface area contributed by atoms with Crippen molar-refractivity contribution >= 4 is 0 Å². The van der Waals surface area contributed by atoms with Gasteiger partial charge in [0, 0.05) is 5.92 Å². The molecule has 2 nitrogen and oxygen atoms in total. The fourth-order valence-electron chi connectivity index (χ4n) is 4.05. The second-order valence-electron chi connectivity index (χ2n) is 7.48. The lowest BCUT2D eigenvalue weighted by molar-refractivity contribution is -0.0757. The Labute approximate surface area is 128 Å². The molecule has 0 aromatic heterocycles. The minimum absolute atomic E-state index is 0.0377. The van der Waals surface area contributed by atoms with Gasteiger partial charge >= 0.3 is 0 Å². The Morgan fingerprint density at radius 3 is 2.71 bits per heavy atom. The van der Waals surface area contributed by atoms with E-state index in [0.29, 0.717) is 18.4 Å². The summed E-state index contributed by atoms with van der Waals surface area (Å²) in [7, 11) is 0. The molecule has 0 spiro atoms. The van der Waals surface area contributed by atoms with Crippen molar-refractivity contribution in [3.63, 3.8) is 0 Å². The van der Waals surface area contributed by atoms with E-state index in [1.165, 1.54) is 24.0 Å². The monoisotopic (exact) mass is 288 g/mol. The van der Waals surface area contributed by atoms with Crippen molar-refractivity contribution < 1.29 is 9.47 Å². The Bertz CT molecular complexity index is 510. The SMILES string of the molecule is Cc1ccccc1COC[C@@H]1C[C@@]2(C(C)C)CC[C@]1(C)O2. The van der Waals surface area contributed by atoms with Gasteiger partial charge in [-0.05, 0) is 50.2 Å². The standard InChI is InChI=1S/C19H28O2/c1-14(2)19-10-9-18(4,21-19)17(11-19)13-20-12-16-8-6-5-7-15(16)3/h5-8,14,17H,9-13H2,1-4H3/t17-,18-,19+/m0/s1. The van der Waals surface area contributed by atoms with Crippen LogP contribution in [0, 0.1) is 18.8 Å². The Balaban J connectivity index is 1.59. The van der Waals surface area contributed by atoms with Gasteiger partial charge in [0.25, 0.3) is 0 Å². The van der Waals surface area contributed by atoms with E-state index in [0.717, 1.165) is 13.0 Å². The van der Waals surface area contributed by atoms with Crippen LogP contribution in [0.2, 0.25) is 0 Å². The first-order chi connectivity index (χ1) is 9.95. The van der Waals surface area contributed by atoms with Gasteiger partial charge in [0.2, 0.25) is 0 Å². The molecule has 0 aliphatic carbocycles. The maximum Gasteiger partial charge on any atom is 0.0719 e. The van der Waals surface area contributed by atoms with Crippen LogP contribution in [0.4, 0.5) is 0 Å². The molecule has 1 aromatic rings. The van der Waals surface area contributed by atoms with E-state index in [2.05, 4.69) is 52.0 Å². The number of aryl methyl sites for hydroxylation is 1. The van der Waals surface area contributed by atoms with E-state index in [1.54, 1.807) is 0 Å². The van der Waals surface area contributed by atoms with Crippen molar-refractivity contribution in [2.24, 2.45) is 11.8 Å². The van der Waals surface area contributed by atoms with Crippen LogP contribution >= 0.6 is 0 Å². The maximum absolute atomic E-state index is 6.47. The summed E-state index contributed by atoms with van der Waals surface area (Å²) in [6.45, 7) is 10.6. The minimum Gasteiger partial charge on any atom is -0.376 e. The van der Waals surface area contributed by atoms with E-state index in [4.69, 9.17) is 9.47 Å². The zero-order valence-electron chi connectivity index (χ0n) is 13.8. The highest BCUT2D eigenvalue weighted by molar-refractivity contribution is 5.24. The predicted molar refractivity (Wildman–Crippen MR) is 85.2 cm³/mol. The van der Waals surface area contributed by atoms with Crippen molar-refractivity contribution in [3.8, 4) is 0 Å². The molecule has 2 heteroatoms. The molecule has 2 bridgehead atoms. The normalized spacial score (nSPS) is 34.8. The van der Waals surface area contributed by atoms with Crippen molar-refractivity contribution in [3.05, 3.63) is 35.4 Å². The summed E-state index contributed by atoms with van der Waals surface area (Å²) >= 11 is 0. The third kappa shape index (κ3) is 2.64. The van der Waals surface area contributed by atoms with E-state index >= 15 is 0 Å². The van der Waals surface area contributed by atoms with Crippen molar-refractivity contribution in [1.29, 1.82) is 0 Å². The van der Waals surface area contributed by atoms with Crippen LogP contribution in [0.25, 0.3) is 0 Å². The quantitative estimate of drug-likeness (QED) is 0.794. The molecule has 1 aromatic carbocycles. The summed E-state index contributed by atoms with van der Waals surface area (Å²) in [5, 5.41) is 0. The summed E-state index contributed by atoms with van der Waals surface area (Å²) in [6, 6.07) is 8.47. The lowest BCUT2D eigenvalue weighted by atomic mass is 9.71. The number of benzene rings is 1. The summed E-state index contributed by atoms with van der Waals surface area (Å²) in [4.78, 5) is 0. The summed E-state index contributed by atoms with van der Waals surface area (Å²) in [5.74, 6) is 1.14. The number of hydrogen-bond donors (Lipinski definition) is 0. The van der Waals surface area contributed by atoms with Crippen LogP contribution in [0.15, 0.2) is 24.3 Å². The van der Waals surface area contributed by atoms with Crippen LogP contribution in [0.5, 0.6) is 0 Å². The second kappa shape index (κ2) is 5.40. The maximum atomic E-state index is 6.47. The Hall–Kier alpha value is -0.860. The smallest absolute Gasteiger partial charge is 0.0719 e. The molecule has 0 unspecified atom stereocenters. The number of rotatable bonds is 5. The fraction of sp³-hybridized carbons (Fsp3) is 0.684. The van der Waals surface area contributed by atoms with E-state index in [9.17, 15) is 0 Å². The highest BCUT2D eigenvalue weighted by Crippen LogP contribution is 2.56. The first-order valence-electron chi connectivity index (χ1n) is 8.28. The van der Waals surface area contributed by atoms with Crippen LogP contribution in [-0.2, 0) is 16.1 Å². The predicted octanol–water partition coefficient (Wildman–Crippen LogP) is 4.50. The molecule has 0 saturated carbocycles. The average molecular weight is 288 g/mol. The molecule has 21 heavy (non-hydrogen) atoms. The van der Waals surface area contributed by atoms with Crippen LogP contribution in [0.1, 0.15) is 51.2 Å². The van der Waals surface area contributed by atoms with Gasteiger partial charge in [0.1, 0.15) is 0 Å². The zero-order chi connectivity index (χ0) is 15.1. The molecule has 3 atom stereocenters. The van der Waals surface area contributed by atoms with Gasteiger partial charge < -0.3 is 9.47 Å². The van der Waals surface area contributed by atoms with E-state index in [1.807, 2.05) is 0 Å². The third-order valence-electron chi connectivity index (χ3n) is 5.83. The molecule has 0 radical (unpaired) electrons. The number of fused-ring (bicyclic) bond motifs is 2. The average Bonchev–Trinajstić information content (AvgIpc) is 2.93. The molecular weight excluding hydrogens is 260 g/mol. The molecule has 2 aliphatic rings. The largest absolute Gasteiger partial charge is 0.376 e. The van der Waals surface area contributed by atoms with Gasteiger partial charge in [0.05, 0.1) is 24.4 Å². The fourth-order valence-corrected chi connectivity index (χ4v) is 4.05. The first kappa shape index (κ1) is 15.1. The molecule has 0 N–H and O–H groups in total. The van der Waals surface area contributed by atoms with Gasteiger partial charge in [-0.15, -0.1) is 0 Å². The van der Waals surface area contributed by atoms with Crippen LogP contribution < -0.4 is 0 Å². The molecule has 3 rings (SSSR count). The zero-order valence-corrected chi connectivity index (χ0v) is 13.8. The third-order valence-corrected chi connectivity index (χ3v) is 5.83. The van der Waals surface area contributed by atoms with Crippen molar-refractivity contribution in [2.75, 3.05) is 6.61 Å². The summed E-state index contributed by atoms with van der Waals surface area (Å²) in [6.07, 6.45) is 3.56. The molecule has 2 heterocycles.